The molecule has 2 unspecified atom stereocenters. The zero-order chi connectivity index (χ0) is 14.3. The summed E-state index contributed by atoms with van der Waals surface area (Å²) in [6, 6.07) is 3.38. The van der Waals surface area contributed by atoms with Gasteiger partial charge in [-0.25, -0.2) is 0 Å². The van der Waals surface area contributed by atoms with Crippen molar-refractivity contribution in [3.8, 4) is 0 Å². The highest BCUT2D eigenvalue weighted by molar-refractivity contribution is 7.16. The van der Waals surface area contributed by atoms with E-state index in [1.54, 1.807) is 0 Å². The first kappa shape index (κ1) is 13.9. The van der Waals surface area contributed by atoms with Crippen LogP contribution in [0.15, 0.2) is 12.1 Å². The number of hydrogen-bond acceptors (Lipinski definition) is 3. The van der Waals surface area contributed by atoms with Crippen molar-refractivity contribution < 1.29 is 9.59 Å². The van der Waals surface area contributed by atoms with Gasteiger partial charge in [0.15, 0.2) is 0 Å². The lowest BCUT2D eigenvalue weighted by molar-refractivity contribution is -0.136. The molecule has 108 valence electrons. The molecule has 2 atom stereocenters. The van der Waals surface area contributed by atoms with E-state index in [1.165, 1.54) is 11.3 Å². The number of rotatable bonds is 3. The van der Waals surface area contributed by atoms with Gasteiger partial charge in [-0.3, -0.25) is 9.59 Å². The molecule has 3 rings (SSSR count). The first-order valence-corrected chi connectivity index (χ1v) is 8.08. The molecule has 1 aromatic rings. The van der Waals surface area contributed by atoms with Gasteiger partial charge in [0.25, 0.3) is 0 Å². The number of amides is 2. The van der Waals surface area contributed by atoms with Crippen LogP contribution in [0, 0.1) is 5.92 Å². The van der Waals surface area contributed by atoms with Gasteiger partial charge < -0.3 is 10.2 Å². The molecule has 2 aliphatic rings. The normalized spacial score (nSPS) is 27.4. The number of nitrogens with zero attached hydrogens (tertiary/aromatic N) is 1. The van der Waals surface area contributed by atoms with E-state index in [9.17, 15) is 9.59 Å². The SMILES string of the molecule is CC1CC(=O)NC(C2CC2)C(=O)N1Cc1ccc(Cl)s1. The van der Waals surface area contributed by atoms with Crippen molar-refractivity contribution in [3.63, 3.8) is 0 Å². The number of thiophene rings is 1. The van der Waals surface area contributed by atoms with Crippen LogP contribution in [0.2, 0.25) is 4.34 Å². The van der Waals surface area contributed by atoms with Crippen LogP contribution in [0.25, 0.3) is 0 Å². The Morgan fingerprint density at radius 1 is 1.40 bits per heavy atom. The number of carbonyl (C=O) groups excluding carboxylic acids is 2. The van der Waals surface area contributed by atoms with Crippen LogP contribution < -0.4 is 5.32 Å². The Morgan fingerprint density at radius 2 is 2.15 bits per heavy atom. The molecular formula is C14H17ClN2O2S. The Bertz CT molecular complexity index is 541. The Morgan fingerprint density at radius 3 is 2.75 bits per heavy atom. The van der Waals surface area contributed by atoms with Gasteiger partial charge in [-0.05, 0) is 37.8 Å². The van der Waals surface area contributed by atoms with E-state index < -0.39 is 0 Å². The van der Waals surface area contributed by atoms with Crippen LogP contribution in [0.3, 0.4) is 0 Å². The van der Waals surface area contributed by atoms with Crippen LogP contribution in [-0.4, -0.2) is 28.8 Å². The van der Waals surface area contributed by atoms with E-state index in [1.807, 2.05) is 24.0 Å². The van der Waals surface area contributed by atoms with Gasteiger partial charge in [-0.15, -0.1) is 11.3 Å². The van der Waals surface area contributed by atoms with E-state index in [0.717, 1.165) is 22.1 Å². The first-order valence-electron chi connectivity index (χ1n) is 6.88. The smallest absolute Gasteiger partial charge is 0.246 e. The summed E-state index contributed by atoms with van der Waals surface area (Å²) in [6.07, 6.45) is 2.43. The van der Waals surface area contributed by atoms with Crippen molar-refractivity contribution in [3.05, 3.63) is 21.3 Å². The summed E-state index contributed by atoms with van der Waals surface area (Å²) >= 11 is 7.43. The summed E-state index contributed by atoms with van der Waals surface area (Å²) in [6.45, 7) is 2.47. The molecule has 4 nitrogen and oxygen atoms in total. The van der Waals surface area contributed by atoms with E-state index in [2.05, 4.69) is 5.32 Å². The second-order valence-corrected chi connectivity index (χ2v) is 7.41. The molecule has 2 fully saturated rings. The van der Waals surface area contributed by atoms with Crippen LogP contribution in [0.4, 0.5) is 0 Å². The molecule has 1 aliphatic carbocycles. The third-order valence-corrected chi connectivity index (χ3v) is 5.14. The van der Waals surface area contributed by atoms with Crippen LogP contribution in [0.1, 0.15) is 31.1 Å². The van der Waals surface area contributed by atoms with E-state index >= 15 is 0 Å². The molecule has 20 heavy (non-hydrogen) atoms. The van der Waals surface area contributed by atoms with Gasteiger partial charge in [0.1, 0.15) is 6.04 Å². The summed E-state index contributed by atoms with van der Waals surface area (Å²) in [7, 11) is 0. The average Bonchev–Trinajstić information content (AvgIpc) is 3.15. The van der Waals surface area contributed by atoms with Crippen molar-refractivity contribution in [2.45, 2.75) is 44.8 Å². The summed E-state index contributed by atoms with van der Waals surface area (Å²) in [5.74, 6) is 0.357. The summed E-state index contributed by atoms with van der Waals surface area (Å²) in [4.78, 5) is 27.4. The van der Waals surface area contributed by atoms with Crippen LogP contribution in [0.5, 0.6) is 0 Å². The van der Waals surface area contributed by atoms with Crippen molar-refractivity contribution >= 4 is 34.8 Å². The summed E-state index contributed by atoms with van der Waals surface area (Å²) < 4.78 is 0.725. The standard InChI is InChI=1S/C14H17ClN2O2S/c1-8-6-12(18)16-13(9-2-3-9)14(19)17(8)7-10-4-5-11(15)20-10/h4-5,8-9,13H,2-3,6-7H2,1H3,(H,16,18). The minimum absolute atomic E-state index is 0.0190. The molecule has 0 aromatic carbocycles. The van der Waals surface area contributed by atoms with E-state index in [0.29, 0.717) is 18.9 Å². The highest BCUT2D eigenvalue weighted by atomic mass is 35.5. The lowest BCUT2D eigenvalue weighted by Crippen LogP contribution is -2.47. The highest BCUT2D eigenvalue weighted by Gasteiger charge is 2.42. The number of hydrogen-bond donors (Lipinski definition) is 1. The second kappa shape index (κ2) is 5.37. The lowest BCUT2D eigenvalue weighted by Gasteiger charge is -2.28. The van der Waals surface area contributed by atoms with Crippen molar-refractivity contribution in [1.82, 2.24) is 10.2 Å². The fourth-order valence-corrected chi connectivity index (χ4v) is 3.74. The lowest BCUT2D eigenvalue weighted by atomic mass is 10.1. The van der Waals surface area contributed by atoms with Crippen LogP contribution in [-0.2, 0) is 16.1 Å². The maximum absolute atomic E-state index is 12.7. The van der Waals surface area contributed by atoms with Crippen molar-refractivity contribution in [1.29, 1.82) is 0 Å². The predicted octanol–water partition coefficient (Wildman–Crippen LogP) is 2.42. The fraction of sp³-hybridized carbons (Fsp3) is 0.571. The summed E-state index contributed by atoms with van der Waals surface area (Å²) in [5, 5.41) is 2.89. The van der Waals surface area contributed by atoms with Gasteiger partial charge in [0, 0.05) is 17.3 Å². The van der Waals surface area contributed by atoms with Crippen LogP contribution >= 0.6 is 22.9 Å². The van der Waals surface area contributed by atoms with Crippen molar-refractivity contribution in [2.75, 3.05) is 0 Å². The molecule has 1 saturated heterocycles. The number of nitrogens with one attached hydrogen (secondary N) is 1. The highest BCUT2D eigenvalue weighted by Crippen LogP contribution is 2.35. The van der Waals surface area contributed by atoms with Gasteiger partial charge in [-0.2, -0.15) is 0 Å². The Hall–Kier alpha value is -1.07. The minimum atomic E-state index is -0.331. The fourth-order valence-electron chi connectivity index (χ4n) is 2.66. The van der Waals surface area contributed by atoms with E-state index in [-0.39, 0.29) is 23.9 Å². The Kier molecular flexibility index (Phi) is 3.73. The molecule has 0 spiro atoms. The predicted molar refractivity (Wildman–Crippen MR) is 78.6 cm³/mol. The maximum atomic E-state index is 12.7. The van der Waals surface area contributed by atoms with Gasteiger partial charge >= 0.3 is 0 Å². The Balaban J connectivity index is 1.81. The van der Waals surface area contributed by atoms with E-state index in [4.69, 9.17) is 11.6 Å². The zero-order valence-corrected chi connectivity index (χ0v) is 12.8. The van der Waals surface area contributed by atoms with Gasteiger partial charge in [0.05, 0.1) is 10.9 Å². The second-order valence-electron chi connectivity index (χ2n) is 5.61. The largest absolute Gasteiger partial charge is 0.344 e. The average molecular weight is 313 g/mol. The third kappa shape index (κ3) is 2.83. The van der Waals surface area contributed by atoms with Crippen molar-refractivity contribution in [2.24, 2.45) is 5.92 Å². The molecule has 1 aromatic heterocycles. The molecule has 1 saturated carbocycles. The maximum Gasteiger partial charge on any atom is 0.246 e. The quantitative estimate of drug-likeness (QED) is 0.932. The molecular weight excluding hydrogens is 296 g/mol. The molecule has 2 amide bonds. The summed E-state index contributed by atoms with van der Waals surface area (Å²) in [5.41, 5.74) is 0. The molecule has 0 radical (unpaired) electrons. The van der Waals surface area contributed by atoms with Gasteiger partial charge in [-0.1, -0.05) is 11.6 Å². The molecule has 1 aliphatic heterocycles. The topological polar surface area (TPSA) is 49.4 Å². The molecule has 2 heterocycles. The zero-order valence-electron chi connectivity index (χ0n) is 11.3. The van der Waals surface area contributed by atoms with Gasteiger partial charge in [0.2, 0.25) is 11.8 Å². The monoisotopic (exact) mass is 312 g/mol. The minimum Gasteiger partial charge on any atom is -0.344 e. The number of carbonyl (C=O) groups is 2. The molecule has 0 bridgehead atoms. The number of halogens is 1. The first-order chi connectivity index (χ1) is 9.54. The Labute approximate surface area is 127 Å². The molecule has 6 heteroatoms. The third-order valence-electron chi connectivity index (χ3n) is 3.93. The molecule has 1 N–H and O–H groups in total.